The van der Waals surface area contributed by atoms with Gasteiger partial charge in [-0.3, -0.25) is 4.79 Å². The second kappa shape index (κ2) is 7.14. The van der Waals surface area contributed by atoms with Gasteiger partial charge in [-0.05, 0) is 42.8 Å². The number of carbonyl (C=O) groups is 2. The third-order valence-electron chi connectivity index (χ3n) is 5.51. The second-order valence-electron chi connectivity index (χ2n) is 7.47. The summed E-state index contributed by atoms with van der Waals surface area (Å²) in [6.45, 7) is 1.69. The average molecular weight is 383 g/mol. The number of hydrogen-bond acceptors (Lipinski definition) is 3. The van der Waals surface area contributed by atoms with Gasteiger partial charge in [0.1, 0.15) is 11.6 Å². The van der Waals surface area contributed by atoms with Gasteiger partial charge in [-0.2, -0.15) is 0 Å². The first-order chi connectivity index (χ1) is 13.5. The van der Waals surface area contributed by atoms with Crippen molar-refractivity contribution in [3.63, 3.8) is 0 Å². The standard InChI is InChI=1S/C21H22FN3O3/c1-28-18-4-2-3-17(11-18)25-14-21(12-19(25)26)9-10-24(13-21)20(27)23-16-7-5-15(22)6-8-16/h2-8,11H,9-10,12-14H2,1H3,(H,23,27). The zero-order chi connectivity index (χ0) is 19.7. The van der Waals surface area contributed by atoms with Crippen LogP contribution in [0.2, 0.25) is 0 Å². The summed E-state index contributed by atoms with van der Waals surface area (Å²) < 4.78 is 18.3. The zero-order valence-corrected chi connectivity index (χ0v) is 15.7. The Morgan fingerprint density at radius 1 is 1.18 bits per heavy atom. The lowest BCUT2D eigenvalue weighted by Gasteiger charge is -2.24. The molecule has 1 spiro atoms. The fraction of sp³-hybridized carbons (Fsp3) is 0.333. The Kier molecular flexibility index (Phi) is 4.66. The molecule has 0 aromatic heterocycles. The summed E-state index contributed by atoms with van der Waals surface area (Å²) in [6, 6.07) is 12.9. The molecule has 0 radical (unpaired) electrons. The van der Waals surface area contributed by atoms with Crippen LogP contribution in [0, 0.1) is 11.2 Å². The molecule has 146 valence electrons. The highest BCUT2D eigenvalue weighted by atomic mass is 19.1. The van der Waals surface area contributed by atoms with Crippen LogP contribution in [0.4, 0.5) is 20.6 Å². The van der Waals surface area contributed by atoms with Crippen LogP contribution >= 0.6 is 0 Å². The van der Waals surface area contributed by atoms with Crippen LogP contribution in [0.5, 0.6) is 5.75 Å². The number of benzene rings is 2. The molecule has 2 saturated heterocycles. The molecular formula is C21H22FN3O3. The van der Waals surface area contributed by atoms with E-state index in [0.717, 1.165) is 12.1 Å². The van der Waals surface area contributed by atoms with Crippen LogP contribution in [0.1, 0.15) is 12.8 Å². The number of methoxy groups -OCH3 is 1. The van der Waals surface area contributed by atoms with Gasteiger partial charge in [0.15, 0.2) is 0 Å². The number of rotatable bonds is 3. The fourth-order valence-corrected chi connectivity index (χ4v) is 4.03. The summed E-state index contributed by atoms with van der Waals surface area (Å²) in [7, 11) is 1.60. The van der Waals surface area contributed by atoms with Crippen molar-refractivity contribution >= 4 is 23.3 Å². The monoisotopic (exact) mass is 383 g/mol. The average Bonchev–Trinajstić information content (AvgIpc) is 3.26. The third-order valence-corrected chi connectivity index (χ3v) is 5.51. The Balaban J connectivity index is 1.43. The molecule has 1 N–H and O–H groups in total. The molecule has 0 aliphatic carbocycles. The van der Waals surface area contributed by atoms with Crippen molar-refractivity contribution in [1.82, 2.24) is 4.90 Å². The van der Waals surface area contributed by atoms with Crippen molar-refractivity contribution in [3.8, 4) is 5.75 Å². The predicted octanol–water partition coefficient (Wildman–Crippen LogP) is 3.50. The van der Waals surface area contributed by atoms with Gasteiger partial charge >= 0.3 is 6.03 Å². The number of carbonyl (C=O) groups excluding carboxylic acids is 2. The van der Waals surface area contributed by atoms with Gasteiger partial charge in [0, 0.05) is 48.9 Å². The van der Waals surface area contributed by atoms with Gasteiger partial charge in [0.25, 0.3) is 0 Å². The molecule has 2 aromatic carbocycles. The van der Waals surface area contributed by atoms with Gasteiger partial charge < -0.3 is 19.9 Å². The number of nitrogens with one attached hydrogen (secondary N) is 1. The molecule has 2 aliphatic rings. The molecule has 1 unspecified atom stereocenters. The van der Waals surface area contributed by atoms with Gasteiger partial charge in [0.05, 0.1) is 7.11 Å². The van der Waals surface area contributed by atoms with Crippen molar-refractivity contribution in [1.29, 1.82) is 0 Å². The summed E-state index contributed by atoms with van der Waals surface area (Å²) in [5.41, 5.74) is 1.13. The maximum absolute atomic E-state index is 13.0. The zero-order valence-electron chi connectivity index (χ0n) is 15.7. The van der Waals surface area contributed by atoms with E-state index in [1.165, 1.54) is 24.3 Å². The van der Waals surface area contributed by atoms with E-state index in [4.69, 9.17) is 4.74 Å². The van der Waals surface area contributed by atoms with Gasteiger partial charge in [-0.15, -0.1) is 0 Å². The Hall–Kier alpha value is -3.09. The van der Waals surface area contributed by atoms with Crippen LogP contribution in [-0.2, 0) is 4.79 Å². The number of halogens is 1. The van der Waals surface area contributed by atoms with E-state index in [1.54, 1.807) is 16.9 Å². The van der Waals surface area contributed by atoms with E-state index >= 15 is 0 Å². The van der Waals surface area contributed by atoms with Gasteiger partial charge in [0.2, 0.25) is 5.91 Å². The first-order valence-corrected chi connectivity index (χ1v) is 9.24. The van der Waals surface area contributed by atoms with Gasteiger partial charge in [-0.25, -0.2) is 9.18 Å². The Morgan fingerprint density at radius 3 is 2.71 bits per heavy atom. The minimum absolute atomic E-state index is 0.0639. The van der Waals surface area contributed by atoms with Crippen LogP contribution in [-0.4, -0.2) is 43.6 Å². The number of ether oxygens (including phenoxy) is 1. The first kappa shape index (κ1) is 18.3. The third kappa shape index (κ3) is 3.52. The summed E-state index contributed by atoms with van der Waals surface area (Å²) in [5, 5.41) is 2.79. The number of hydrogen-bond donors (Lipinski definition) is 1. The van der Waals surface area contributed by atoms with Crippen LogP contribution < -0.4 is 15.0 Å². The quantitative estimate of drug-likeness (QED) is 0.883. The molecule has 7 heteroatoms. The lowest BCUT2D eigenvalue weighted by atomic mass is 9.86. The molecule has 1 atom stereocenters. The summed E-state index contributed by atoms with van der Waals surface area (Å²) in [5.74, 6) is 0.423. The number of anilines is 2. The Labute approximate surface area is 162 Å². The second-order valence-corrected chi connectivity index (χ2v) is 7.47. The molecule has 2 aliphatic heterocycles. The van der Waals surface area contributed by atoms with E-state index in [-0.39, 0.29) is 23.2 Å². The van der Waals surface area contributed by atoms with Crippen molar-refractivity contribution in [2.75, 3.05) is 37.0 Å². The number of nitrogens with zero attached hydrogens (tertiary/aromatic N) is 2. The maximum Gasteiger partial charge on any atom is 0.321 e. The summed E-state index contributed by atoms with van der Waals surface area (Å²) in [4.78, 5) is 28.7. The SMILES string of the molecule is COc1cccc(N2CC3(CCN(C(=O)Nc4ccc(F)cc4)C3)CC2=O)c1. The highest BCUT2D eigenvalue weighted by Crippen LogP contribution is 2.42. The lowest BCUT2D eigenvalue weighted by Crippen LogP contribution is -2.36. The van der Waals surface area contributed by atoms with Crippen molar-refractivity contribution in [2.45, 2.75) is 12.8 Å². The molecule has 2 aromatic rings. The van der Waals surface area contributed by atoms with E-state index in [2.05, 4.69) is 5.32 Å². The minimum Gasteiger partial charge on any atom is -0.497 e. The first-order valence-electron chi connectivity index (χ1n) is 9.24. The van der Waals surface area contributed by atoms with E-state index in [0.29, 0.717) is 37.5 Å². The minimum atomic E-state index is -0.347. The molecule has 28 heavy (non-hydrogen) atoms. The molecule has 4 rings (SSSR count). The predicted molar refractivity (Wildman–Crippen MR) is 104 cm³/mol. The lowest BCUT2D eigenvalue weighted by molar-refractivity contribution is -0.117. The highest BCUT2D eigenvalue weighted by molar-refractivity contribution is 5.97. The molecule has 2 fully saturated rings. The molecule has 3 amide bonds. The van der Waals surface area contributed by atoms with Crippen LogP contribution in [0.25, 0.3) is 0 Å². The summed E-state index contributed by atoms with van der Waals surface area (Å²) in [6.07, 6.45) is 1.20. The number of urea groups is 1. The molecule has 0 saturated carbocycles. The Bertz CT molecular complexity index is 902. The fourth-order valence-electron chi connectivity index (χ4n) is 4.03. The maximum atomic E-state index is 13.0. The molecule has 6 nitrogen and oxygen atoms in total. The van der Waals surface area contributed by atoms with Crippen molar-refractivity contribution in [2.24, 2.45) is 5.41 Å². The molecular weight excluding hydrogens is 361 g/mol. The van der Waals surface area contributed by atoms with Crippen LogP contribution in [0.3, 0.4) is 0 Å². The topological polar surface area (TPSA) is 61.9 Å². The van der Waals surface area contributed by atoms with E-state index in [9.17, 15) is 14.0 Å². The van der Waals surface area contributed by atoms with Crippen molar-refractivity contribution in [3.05, 3.63) is 54.3 Å². The van der Waals surface area contributed by atoms with Crippen molar-refractivity contribution < 1.29 is 18.7 Å². The van der Waals surface area contributed by atoms with E-state index in [1.807, 2.05) is 24.3 Å². The number of amides is 3. The normalized spacial score (nSPS) is 21.4. The number of likely N-dealkylation sites (tertiary alicyclic amines) is 1. The van der Waals surface area contributed by atoms with E-state index < -0.39 is 0 Å². The summed E-state index contributed by atoms with van der Waals surface area (Å²) >= 11 is 0. The largest absolute Gasteiger partial charge is 0.497 e. The van der Waals surface area contributed by atoms with Gasteiger partial charge in [-0.1, -0.05) is 6.07 Å². The molecule has 2 heterocycles. The Morgan fingerprint density at radius 2 is 1.96 bits per heavy atom. The highest BCUT2D eigenvalue weighted by Gasteiger charge is 2.48. The smallest absolute Gasteiger partial charge is 0.321 e. The molecule has 0 bridgehead atoms. The van der Waals surface area contributed by atoms with Crippen LogP contribution in [0.15, 0.2) is 48.5 Å².